The van der Waals surface area contributed by atoms with E-state index in [-0.39, 0.29) is 11.7 Å². The number of nitrogens with zero attached hydrogens (tertiary/aromatic N) is 1. The average molecular weight is 386 g/mol. The van der Waals surface area contributed by atoms with Gasteiger partial charge < -0.3 is 19.4 Å². The van der Waals surface area contributed by atoms with Gasteiger partial charge in [-0.2, -0.15) is 0 Å². The topological polar surface area (TPSA) is 71.6 Å². The Balaban J connectivity index is 1.37. The van der Waals surface area contributed by atoms with Crippen molar-refractivity contribution in [3.05, 3.63) is 41.7 Å². The lowest BCUT2D eigenvalue weighted by Crippen LogP contribution is -2.27. The van der Waals surface area contributed by atoms with Crippen LogP contribution < -0.4 is 9.47 Å². The van der Waals surface area contributed by atoms with Gasteiger partial charge in [-0.1, -0.05) is 0 Å². The highest BCUT2D eigenvalue weighted by atomic mass is 32.2. The fraction of sp³-hybridized carbons (Fsp3) is 0.400. The molecule has 27 heavy (non-hydrogen) atoms. The quantitative estimate of drug-likeness (QED) is 0.630. The minimum atomic E-state index is -0.0258. The predicted octanol–water partition coefficient (Wildman–Crippen LogP) is 3.39. The van der Waals surface area contributed by atoms with Gasteiger partial charge in [0.15, 0.2) is 17.3 Å². The van der Waals surface area contributed by atoms with Crippen molar-refractivity contribution < 1.29 is 19.1 Å². The van der Waals surface area contributed by atoms with Crippen molar-refractivity contribution in [1.29, 1.82) is 0 Å². The molecule has 0 radical (unpaired) electrons. The van der Waals surface area contributed by atoms with Crippen LogP contribution in [0.2, 0.25) is 0 Å². The first-order valence-electron chi connectivity index (χ1n) is 9.24. The second-order valence-electron chi connectivity index (χ2n) is 6.67. The number of hydrogen-bond donors (Lipinski definition) is 1. The molecule has 2 aromatic rings. The van der Waals surface area contributed by atoms with Crippen LogP contribution in [0.5, 0.6) is 11.5 Å². The molecule has 0 saturated carbocycles. The Morgan fingerprint density at radius 3 is 2.63 bits per heavy atom. The summed E-state index contributed by atoms with van der Waals surface area (Å²) in [5.41, 5.74) is 1.03. The van der Waals surface area contributed by atoms with Crippen molar-refractivity contribution in [3.8, 4) is 11.5 Å². The maximum Gasteiger partial charge on any atom is 0.270 e. The molecule has 1 aromatic heterocycles. The molecule has 4 rings (SSSR count). The minimum absolute atomic E-state index is 0.0103. The van der Waals surface area contributed by atoms with Crippen molar-refractivity contribution in [2.75, 3.05) is 32.1 Å². The van der Waals surface area contributed by atoms with E-state index < -0.39 is 0 Å². The number of carbonyl (C=O) groups excluding carboxylic acids is 2. The Bertz CT molecular complexity index is 842. The van der Waals surface area contributed by atoms with Crippen LogP contribution >= 0.6 is 11.8 Å². The summed E-state index contributed by atoms with van der Waals surface area (Å²) >= 11 is 1.45. The SMILES string of the molecule is O=C(CSc1ccc2c(c1)OCCCO2)c1c[nH]c(C(=O)N2CCCC2)c1. The summed E-state index contributed by atoms with van der Waals surface area (Å²) in [6, 6.07) is 7.40. The Hall–Kier alpha value is -2.41. The molecule has 1 amide bonds. The first kappa shape index (κ1) is 18.0. The number of thioether (sulfide) groups is 1. The van der Waals surface area contributed by atoms with Crippen LogP contribution in [0.4, 0.5) is 0 Å². The molecule has 1 aromatic carbocycles. The molecule has 2 aliphatic heterocycles. The Labute approximate surface area is 162 Å². The predicted molar refractivity (Wildman–Crippen MR) is 103 cm³/mol. The van der Waals surface area contributed by atoms with Crippen molar-refractivity contribution in [2.24, 2.45) is 0 Å². The third kappa shape index (κ3) is 4.13. The highest BCUT2D eigenvalue weighted by molar-refractivity contribution is 8.00. The van der Waals surface area contributed by atoms with E-state index in [9.17, 15) is 9.59 Å². The van der Waals surface area contributed by atoms with E-state index in [2.05, 4.69) is 4.98 Å². The Kier molecular flexibility index (Phi) is 5.38. The molecular weight excluding hydrogens is 364 g/mol. The van der Waals surface area contributed by atoms with E-state index in [1.807, 2.05) is 23.1 Å². The van der Waals surface area contributed by atoms with Gasteiger partial charge in [0, 0.05) is 36.2 Å². The summed E-state index contributed by atoms with van der Waals surface area (Å²) in [5.74, 6) is 1.74. The van der Waals surface area contributed by atoms with Crippen molar-refractivity contribution in [3.63, 3.8) is 0 Å². The van der Waals surface area contributed by atoms with Gasteiger partial charge in [0.25, 0.3) is 5.91 Å². The maximum atomic E-state index is 12.5. The molecule has 142 valence electrons. The summed E-state index contributed by atoms with van der Waals surface area (Å²) < 4.78 is 11.3. The van der Waals surface area contributed by atoms with Crippen LogP contribution in [0.15, 0.2) is 35.4 Å². The second-order valence-corrected chi connectivity index (χ2v) is 7.72. The van der Waals surface area contributed by atoms with Crippen molar-refractivity contribution in [1.82, 2.24) is 9.88 Å². The number of fused-ring (bicyclic) bond motifs is 1. The molecule has 0 atom stereocenters. The lowest BCUT2D eigenvalue weighted by atomic mass is 10.2. The van der Waals surface area contributed by atoms with Gasteiger partial charge in [0.2, 0.25) is 0 Å². The van der Waals surface area contributed by atoms with Crippen LogP contribution in [0, 0.1) is 0 Å². The summed E-state index contributed by atoms with van der Waals surface area (Å²) in [5, 5.41) is 0. The molecule has 0 aliphatic carbocycles. The fourth-order valence-electron chi connectivity index (χ4n) is 3.23. The van der Waals surface area contributed by atoms with Crippen molar-refractivity contribution in [2.45, 2.75) is 24.2 Å². The number of aromatic amines is 1. The number of carbonyl (C=O) groups is 2. The zero-order chi connectivity index (χ0) is 18.6. The summed E-state index contributed by atoms with van der Waals surface area (Å²) in [4.78, 5) is 30.6. The molecule has 0 unspecified atom stereocenters. The molecule has 2 aliphatic rings. The standard InChI is InChI=1S/C20H22N2O4S/c23-17(14-10-16(21-12-14)20(24)22-6-1-2-7-22)13-27-15-4-5-18-19(11-15)26-9-3-8-25-18/h4-5,10-12,21H,1-3,6-9,13H2. The second kappa shape index (κ2) is 8.08. The number of H-pyrrole nitrogens is 1. The van der Waals surface area contributed by atoms with E-state index in [1.54, 1.807) is 12.3 Å². The van der Waals surface area contributed by atoms with E-state index in [0.29, 0.717) is 30.2 Å². The largest absolute Gasteiger partial charge is 0.490 e. The van der Waals surface area contributed by atoms with E-state index in [1.165, 1.54) is 11.8 Å². The molecule has 3 heterocycles. The van der Waals surface area contributed by atoms with Gasteiger partial charge in [0.05, 0.1) is 19.0 Å². The van der Waals surface area contributed by atoms with Crippen molar-refractivity contribution >= 4 is 23.5 Å². The highest BCUT2D eigenvalue weighted by Crippen LogP contribution is 2.34. The molecular formula is C20H22N2O4S. The third-order valence-corrected chi connectivity index (χ3v) is 5.71. The third-order valence-electron chi connectivity index (χ3n) is 4.72. The van der Waals surface area contributed by atoms with Gasteiger partial charge in [-0.3, -0.25) is 9.59 Å². The molecule has 1 N–H and O–H groups in total. The normalized spacial score (nSPS) is 16.2. The summed E-state index contributed by atoms with van der Waals surface area (Å²) in [6.45, 7) is 2.88. The molecule has 1 fully saturated rings. The first-order valence-corrected chi connectivity index (χ1v) is 10.2. The van der Waals surface area contributed by atoms with Gasteiger partial charge in [-0.05, 0) is 37.1 Å². The molecule has 0 spiro atoms. The zero-order valence-electron chi connectivity index (χ0n) is 15.0. The number of amides is 1. The van der Waals surface area contributed by atoms with Gasteiger partial charge in [-0.25, -0.2) is 0 Å². The summed E-state index contributed by atoms with van der Waals surface area (Å²) in [7, 11) is 0. The summed E-state index contributed by atoms with van der Waals surface area (Å²) in [6.07, 6.45) is 4.58. The molecule has 7 heteroatoms. The lowest BCUT2D eigenvalue weighted by molar-refractivity contribution is 0.0787. The molecule has 6 nitrogen and oxygen atoms in total. The van der Waals surface area contributed by atoms with Crippen LogP contribution in [0.1, 0.15) is 40.1 Å². The Morgan fingerprint density at radius 2 is 1.81 bits per heavy atom. The first-order chi connectivity index (χ1) is 13.2. The number of benzene rings is 1. The van der Waals surface area contributed by atoms with Gasteiger partial charge >= 0.3 is 0 Å². The zero-order valence-corrected chi connectivity index (χ0v) is 15.8. The number of nitrogens with one attached hydrogen (secondary N) is 1. The number of aromatic nitrogens is 1. The fourth-order valence-corrected chi connectivity index (χ4v) is 4.05. The lowest BCUT2D eigenvalue weighted by Gasteiger charge is -2.13. The van der Waals surface area contributed by atoms with Crippen LogP contribution in [-0.2, 0) is 0 Å². The van der Waals surface area contributed by atoms with E-state index >= 15 is 0 Å². The van der Waals surface area contributed by atoms with E-state index in [0.717, 1.165) is 48.7 Å². The highest BCUT2D eigenvalue weighted by Gasteiger charge is 2.21. The monoisotopic (exact) mass is 386 g/mol. The number of likely N-dealkylation sites (tertiary alicyclic amines) is 1. The van der Waals surface area contributed by atoms with Crippen LogP contribution in [-0.4, -0.2) is 53.6 Å². The maximum absolute atomic E-state index is 12.5. The minimum Gasteiger partial charge on any atom is -0.490 e. The number of hydrogen-bond acceptors (Lipinski definition) is 5. The van der Waals surface area contributed by atoms with Gasteiger partial charge in [0.1, 0.15) is 5.69 Å². The molecule has 0 bridgehead atoms. The number of ether oxygens (including phenoxy) is 2. The Morgan fingerprint density at radius 1 is 1.04 bits per heavy atom. The van der Waals surface area contributed by atoms with Crippen LogP contribution in [0.3, 0.4) is 0 Å². The van der Waals surface area contributed by atoms with E-state index in [4.69, 9.17) is 9.47 Å². The number of rotatable bonds is 5. The van der Waals surface area contributed by atoms with Gasteiger partial charge in [-0.15, -0.1) is 11.8 Å². The smallest absolute Gasteiger partial charge is 0.270 e. The molecule has 1 saturated heterocycles. The average Bonchev–Trinajstić information content (AvgIpc) is 3.34. The number of Topliss-reactive ketones (excluding diaryl/α,β-unsaturated/α-hetero) is 1. The van der Waals surface area contributed by atoms with Crippen LogP contribution in [0.25, 0.3) is 0 Å². The number of ketones is 1.